The highest BCUT2D eigenvalue weighted by atomic mass is 32.1. The molecule has 1 fully saturated rings. The van der Waals surface area contributed by atoms with Crippen LogP contribution in [0.3, 0.4) is 0 Å². The van der Waals surface area contributed by atoms with E-state index in [-0.39, 0.29) is 5.41 Å². The summed E-state index contributed by atoms with van der Waals surface area (Å²) in [5.41, 5.74) is 0.213. The van der Waals surface area contributed by atoms with Gasteiger partial charge in [0.15, 0.2) is 0 Å². The molecule has 0 saturated carbocycles. The lowest BCUT2D eigenvalue weighted by Gasteiger charge is -2.34. The minimum absolute atomic E-state index is 0.213. The van der Waals surface area contributed by atoms with Gasteiger partial charge in [0.2, 0.25) is 5.91 Å². The van der Waals surface area contributed by atoms with Crippen molar-refractivity contribution >= 4 is 18.5 Å². The smallest absolute Gasteiger partial charge is 0.222 e. The van der Waals surface area contributed by atoms with Crippen LogP contribution < -0.4 is 0 Å². The number of nitrogens with zero attached hydrogens (tertiary/aromatic N) is 1. The third kappa shape index (κ3) is 3.40. The molecule has 1 atom stereocenters. The highest BCUT2D eigenvalue weighted by Gasteiger charge is 2.36. The Bertz CT molecular complexity index is 253. The summed E-state index contributed by atoms with van der Waals surface area (Å²) in [5, 5.41) is 0. The maximum absolute atomic E-state index is 12.0. The molecule has 1 aliphatic rings. The SMILES string of the molecule is CCC(CC)(CS)CN1CC(C(C)C)CC1=O. The van der Waals surface area contributed by atoms with Crippen molar-refractivity contribution in [3.8, 4) is 0 Å². The van der Waals surface area contributed by atoms with Crippen molar-refractivity contribution in [3.05, 3.63) is 0 Å². The quantitative estimate of drug-likeness (QED) is 0.724. The molecule has 1 amide bonds. The van der Waals surface area contributed by atoms with Gasteiger partial charge in [-0.25, -0.2) is 0 Å². The summed E-state index contributed by atoms with van der Waals surface area (Å²) < 4.78 is 0. The second-order valence-corrected chi connectivity index (χ2v) is 6.16. The summed E-state index contributed by atoms with van der Waals surface area (Å²) in [4.78, 5) is 14.1. The summed E-state index contributed by atoms with van der Waals surface area (Å²) in [6.07, 6.45) is 2.94. The van der Waals surface area contributed by atoms with Gasteiger partial charge in [0.1, 0.15) is 0 Å². The van der Waals surface area contributed by atoms with Gasteiger partial charge in [0, 0.05) is 19.5 Å². The Hall–Kier alpha value is -0.180. The molecule has 2 nitrogen and oxygen atoms in total. The van der Waals surface area contributed by atoms with E-state index in [9.17, 15) is 4.79 Å². The van der Waals surface area contributed by atoms with E-state index < -0.39 is 0 Å². The van der Waals surface area contributed by atoms with Gasteiger partial charge in [0.05, 0.1) is 0 Å². The number of likely N-dealkylation sites (tertiary alicyclic amines) is 1. The van der Waals surface area contributed by atoms with Crippen molar-refractivity contribution in [2.75, 3.05) is 18.8 Å². The third-order valence-corrected chi connectivity index (χ3v) is 5.22. The van der Waals surface area contributed by atoms with E-state index in [1.54, 1.807) is 0 Å². The highest BCUT2D eigenvalue weighted by Crippen LogP contribution is 2.33. The molecule has 0 N–H and O–H groups in total. The van der Waals surface area contributed by atoms with Gasteiger partial charge in [-0.05, 0) is 35.8 Å². The summed E-state index contributed by atoms with van der Waals surface area (Å²) in [7, 11) is 0. The molecule has 1 unspecified atom stereocenters. The van der Waals surface area contributed by atoms with Gasteiger partial charge in [0.25, 0.3) is 0 Å². The first-order valence-electron chi connectivity index (χ1n) is 6.86. The van der Waals surface area contributed by atoms with Crippen LogP contribution in [0.4, 0.5) is 0 Å². The van der Waals surface area contributed by atoms with Crippen LogP contribution in [0.5, 0.6) is 0 Å². The summed E-state index contributed by atoms with van der Waals surface area (Å²) in [6, 6.07) is 0. The standard InChI is InChI=1S/C14H27NOS/c1-5-14(6-2,10-17)9-15-8-12(11(3)4)7-13(15)16/h11-12,17H,5-10H2,1-4H3. The second-order valence-electron chi connectivity index (χ2n) is 5.85. The molecule has 1 heterocycles. The molecule has 0 spiro atoms. The molecule has 3 heteroatoms. The number of amides is 1. The fourth-order valence-corrected chi connectivity index (χ4v) is 3.10. The van der Waals surface area contributed by atoms with Gasteiger partial charge in [-0.2, -0.15) is 12.6 Å². The van der Waals surface area contributed by atoms with Crippen LogP contribution in [0.1, 0.15) is 47.0 Å². The zero-order chi connectivity index (χ0) is 13.1. The van der Waals surface area contributed by atoms with Crippen LogP contribution in [-0.4, -0.2) is 29.6 Å². The van der Waals surface area contributed by atoms with E-state index in [1.165, 1.54) is 0 Å². The Morgan fingerprint density at radius 2 is 2.00 bits per heavy atom. The topological polar surface area (TPSA) is 20.3 Å². The van der Waals surface area contributed by atoms with Crippen molar-refractivity contribution < 1.29 is 4.79 Å². The lowest BCUT2D eigenvalue weighted by atomic mass is 9.84. The fraction of sp³-hybridized carbons (Fsp3) is 0.929. The molecule has 17 heavy (non-hydrogen) atoms. The van der Waals surface area contributed by atoms with Gasteiger partial charge >= 0.3 is 0 Å². The summed E-state index contributed by atoms with van der Waals surface area (Å²) in [5.74, 6) is 2.37. The van der Waals surface area contributed by atoms with E-state index in [0.29, 0.717) is 17.7 Å². The van der Waals surface area contributed by atoms with E-state index in [0.717, 1.165) is 38.1 Å². The number of carbonyl (C=O) groups excluding carboxylic acids is 1. The van der Waals surface area contributed by atoms with Crippen LogP contribution in [0.15, 0.2) is 0 Å². The highest BCUT2D eigenvalue weighted by molar-refractivity contribution is 7.80. The Labute approximate surface area is 112 Å². The number of hydrogen-bond donors (Lipinski definition) is 1. The van der Waals surface area contributed by atoms with E-state index in [4.69, 9.17) is 0 Å². The predicted molar refractivity (Wildman–Crippen MR) is 76.4 cm³/mol. The molecule has 0 bridgehead atoms. The van der Waals surface area contributed by atoms with Crippen molar-refractivity contribution in [2.45, 2.75) is 47.0 Å². The molecule has 1 saturated heterocycles. The first-order valence-corrected chi connectivity index (χ1v) is 7.50. The molecule has 0 radical (unpaired) electrons. The number of hydrogen-bond acceptors (Lipinski definition) is 2. The Kier molecular flexibility index (Phi) is 5.36. The minimum atomic E-state index is 0.213. The normalized spacial score (nSPS) is 21.6. The molecule has 1 rings (SSSR count). The molecule has 1 aliphatic heterocycles. The maximum Gasteiger partial charge on any atom is 0.222 e. The molecule has 0 aliphatic carbocycles. The van der Waals surface area contributed by atoms with Crippen LogP contribution in [-0.2, 0) is 4.79 Å². The maximum atomic E-state index is 12.0. The van der Waals surface area contributed by atoms with E-state index in [1.807, 2.05) is 0 Å². The van der Waals surface area contributed by atoms with E-state index in [2.05, 4.69) is 45.2 Å². The fourth-order valence-electron chi connectivity index (χ4n) is 2.55. The van der Waals surface area contributed by atoms with Crippen LogP contribution in [0.25, 0.3) is 0 Å². The molecular formula is C14H27NOS. The summed E-state index contributed by atoms with van der Waals surface area (Å²) >= 11 is 4.49. The molecule has 0 aromatic carbocycles. The Morgan fingerprint density at radius 1 is 1.41 bits per heavy atom. The Morgan fingerprint density at radius 3 is 2.35 bits per heavy atom. The van der Waals surface area contributed by atoms with Crippen LogP contribution >= 0.6 is 12.6 Å². The monoisotopic (exact) mass is 257 g/mol. The van der Waals surface area contributed by atoms with Crippen molar-refractivity contribution in [1.82, 2.24) is 4.90 Å². The number of rotatable bonds is 6. The molecule has 0 aromatic rings. The average molecular weight is 257 g/mol. The van der Waals surface area contributed by atoms with Crippen molar-refractivity contribution in [2.24, 2.45) is 17.3 Å². The van der Waals surface area contributed by atoms with Crippen molar-refractivity contribution in [1.29, 1.82) is 0 Å². The first kappa shape index (κ1) is 14.9. The van der Waals surface area contributed by atoms with Gasteiger partial charge in [-0.3, -0.25) is 4.79 Å². The van der Waals surface area contributed by atoms with Gasteiger partial charge in [-0.15, -0.1) is 0 Å². The van der Waals surface area contributed by atoms with Crippen molar-refractivity contribution in [3.63, 3.8) is 0 Å². The lowest BCUT2D eigenvalue weighted by Crippen LogP contribution is -2.39. The Balaban J connectivity index is 2.65. The van der Waals surface area contributed by atoms with Crippen LogP contribution in [0, 0.1) is 17.3 Å². The molecule has 100 valence electrons. The number of carbonyl (C=O) groups is 1. The van der Waals surface area contributed by atoms with Gasteiger partial charge < -0.3 is 4.90 Å². The third-order valence-electron chi connectivity index (χ3n) is 4.55. The summed E-state index contributed by atoms with van der Waals surface area (Å²) in [6.45, 7) is 10.7. The van der Waals surface area contributed by atoms with Crippen LogP contribution in [0.2, 0.25) is 0 Å². The lowest BCUT2D eigenvalue weighted by molar-refractivity contribution is -0.129. The first-order chi connectivity index (χ1) is 7.98. The number of thiol groups is 1. The average Bonchev–Trinajstić information content (AvgIpc) is 2.68. The predicted octanol–water partition coefficient (Wildman–Crippen LogP) is 3.23. The molecular weight excluding hydrogens is 230 g/mol. The minimum Gasteiger partial charge on any atom is -0.342 e. The van der Waals surface area contributed by atoms with Gasteiger partial charge in [-0.1, -0.05) is 27.7 Å². The largest absolute Gasteiger partial charge is 0.342 e. The second kappa shape index (κ2) is 6.12. The zero-order valence-electron chi connectivity index (χ0n) is 11.7. The molecule has 0 aromatic heterocycles. The van der Waals surface area contributed by atoms with E-state index >= 15 is 0 Å². The zero-order valence-corrected chi connectivity index (χ0v) is 12.6.